The van der Waals surface area contributed by atoms with E-state index in [1.807, 2.05) is 42.3 Å². The number of halogens is 2. The van der Waals surface area contributed by atoms with Crippen molar-refractivity contribution in [2.75, 3.05) is 27.7 Å². The Morgan fingerprint density at radius 1 is 1.03 bits per heavy atom. The van der Waals surface area contributed by atoms with Gasteiger partial charge in [0.1, 0.15) is 5.75 Å². The quantitative estimate of drug-likeness (QED) is 0.543. The summed E-state index contributed by atoms with van der Waals surface area (Å²) in [5.74, 6) is 0.607. The first kappa shape index (κ1) is 22.1. The maximum atomic E-state index is 12.3. The highest BCUT2D eigenvalue weighted by atomic mass is 19.3. The summed E-state index contributed by atoms with van der Waals surface area (Å²) in [6, 6.07) is 16.2. The molecule has 0 aliphatic rings. The van der Waals surface area contributed by atoms with Crippen LogP contribution in [0.25, 0.3) is 0 Å². The minimum atomic E-state index is -2.85. The smallest absolute Gasteiger partial charge is 0.387 e. The number of alkyl halides is 2. The number of hydrogen-bond acceptors (Lipinski definition) is 3. The lowest BCUT2D eigenvalue weighted by Crippen LogP contribution is -2.43. The summed E-state index contributed by atoms with van der Waals surface area (Å²) in [5, 5.41) is 3.09. The number of carbonyl (C=O) groups excluding carboxylic acids is 1. The molecule has 2 rings (SSSR count). The standard InChI is InChI=1S/C21H26F2N4O2/c1-26(2)19(28)14-25-21(24-13-16-7-5-4-6-8-16)27(3)15-17-9-11-18(12-10-17)29-20(22)23/h4-12,20H,13-15H2,1-3H3,(H,24,25). The van der Waals surface area contributed by atoms with Crippen molar-refractivity contribution in [3.8, 4) is 5.75 Å². The Kier molecular flexibility index (Phi) is 8.39. The molecule has 0 heterocycles. The fourth-order valence-corrected chi connectivity index (χ4v) is 2.50. The second-order valence-corrected chi connectivity index (χ2v) is 6.65. The Morgan fingerprint density at radius 3 is 2.28 bits per heavy atom. The van der Waals surface area contributed by atoms with E-state index in [0.717, 1.165) is 11.1 Å². The van der Waals surface area contributed by atoms with Crippen LogP contribution in [0.15, 0.2) is 59.6 Å². The van der Waals surface area contributed by atoms with Crippen molar-refractivity contribution < 1.29 is 18.3 Å². The molecule has 0 saturated heterocycles. The van der Waals surface area contributed by atoms with E-state index in [0.29, 0.717) is 19.0 Å². The Labute approximate surface area is 169 Å². The highest BCUT2D eigenvalue weighted by Gasteiger charge is 2.11. The molecular formula is C21H26F2N4O2. The summed E-state index contributed by atoms with van der Waals surface area (Å²) in [4.78, 5) is 19.9. The topological polar surface area (TPSA) is 57.2 Å². The van der Waals surface area contributed by atoms with E-state index in [4.69, 9.17) is 0 Å². The van der Waals surface area contributed by atoms with E-state index in [1.54, 1.807) is 26.2 Å². The zero-order chi connectivity index (χ0) is 21.2. The summed E-state index contributed by atoms with van der Waals surface area (Å²) < 4.78 is 28.9. The molecule has 1 amide bonds. The van der Waals surface area contributed by atoms with Gasteiger partial charge in [-0.1, -0.05) is 42.5 Å². The summed E-state index contributed by atoms with van der Waals surface area (Å²) in [7, 11) is 5.23. The lowest BCUT2D eigenvalue weighted by molar-refractivity contribution is -0.127. The summed E-state index contributed by atoms with van der Waals surface area (Å²) in [6.45, 7) is -1.79. The van der Waals surface area contributed by atoms with Crippen LogP contribution in [0.4, 0.5) is 8.78 Å². The van der Waals surface area contributed by atoms with Crippen LogP contribution < -0.4 is 10.1 Å². The largest absolute Gasteiger partial charge is 0.435 e. The molecule has 8 heteroatoms. The number of ether oxygens (including phenoxy) is 1. The first-order chi connectivity index (χ1) is 13.8. The molecular weight excluding hydrogens is 378 g/mol. The molecule has 156 valence electrons. The van der Waals surface area contributed by atoms with Crippen molar-refractivity contribution in [2.24, 2.45) is 4.99 Å². The van der Waals surface area contributed by atoms with Gasteiger partial charge in [-0.3, -0.25) is 4.79 Å². The molecule has 0 unspecified atom stereocenters. The SMILES string of the molecule is CN(C)C(=O)CNC(=NCc1ccccc1)N(C)Cc1ccc(OC(F)F)cc1. The number of amides is 1. The first-order valence-electron chi connectivity index (χ1n) is 9.12. The van der Waals surface area contributed by atoms with E-state index in [1.165, 1.54) is 17.0 Å². The van der Waals surface area contributed by atoms with E-state index >= 15 is 0 Å². The molecule has 0 aliphatic heterocycles. The van der Waals surface area contributed by atoms with E-state index < -0.39 is 6.61 Å². The Morgan fingerprint density at radius 2 is 1.69 bits per heavy atom. The van der Waals surface area contributed by atoms with Crippen molar-refractivity contribution in [1.82, 2.24) is 15.1 Å². The monoisotopic (exact) mass is 404 g/mol. The highest BCUT2D eigenvalue weighted by molar-refractivity contribution is 5.86. The van der Waals surface area contributed by atoms with Crippen molar-refractivity contribution in [3.63, 3.8) is 0 Å². The third-order valence-electron chi connectivity index (χ3n) is 4.08. The van der Waals surface area contributed by atoms with Gasteiger partial charge in [-0.2, -0.15) is 8.78 Å². The molecule has 2 aromatic carbocycles. The number of hydrogen-bond donors (Lipinski definition) is 1. The van der Waals surface area contributed by atoms with Gasteiger partial charge in [0, 0.05) is 27.7 Å². The predicted molar refractivity (Wildman–Crippen MR) is 109 cm³/mol. The molecule has 0 fully saturated rings. The second-order valence-electron chi connectivity index (χ2n) is 6.65. The van der Waals surface area contributed by atoms with E-state index in [9.17, 15) is 13.6 Å². The average molecular weight is 404 g/mol. The molecule has 0 atom stereocenters. The van der Waals surface area contributed by atoms with Gasteiger partial charge in [0.15, 0.2) is 5.96 Å². The third kappa shape index (κ3) is 7.77. The van der Waals surface area contributed by atoms with Gasteiger partial charge >= 0.3 is 6.61 Å². The number of aliphatic imine (C=N–C) groups is 1. The minimum absolute atomic E-state index is 0.0701. The fourth-order valence-electron chi connectivity index (χ4n) is 2.50. The molecule has 29 heavy (non-hydrogen) atoms. The second kappa shape index (κ2) is 11.0. The summed E-state index contributed by atoms with van der Waals surface area (Å²) in [6.07, 6.45) is 0. The Balaban J connectivity index is 2.08. The lowest BCUT2D eigenvalue weighted by atomic mass is 10.2. The Hall–Kier alpha value is -3.16. The van der Waals surface area contributed by atoms with Gasteiger partial charge in [0.25, 0.3) is 0 Å². The molecule has 0 radical (unpaired) electrons. The number of likely N-dealkylation sites (N-methyl/N-ethyl adjacent to an activating group) is 1. The Bertz CT molecular complexity index is 796. The number of rotatable bonds is 8. The van der Waals surface area contributed by atoms with Gasteiger partial charge < -0.3 is 19.9 Å². The van der Waals surface area contributed by atoms with Crippen LogP contribution in [-0.2, 0) is 17.9 Å². The summed E-state index contributed by atoms with van der Waals surface area (Å²) in [5.41, 5.74) is 1.94. The zero-order valence-corrected chi connectivity index (χ0v) is 16.8. The van der Waals surface area contributed by atoms with Gasteiger partial charge in [0.2, 0.25) is 5.91 Å². The van der Waals surface area contributed by atoms with Crippen LogP contribution in [0, 0.1) is 0 Å². The van der Waals surface area contributed by atoms with Crippen LogP contribution in [0.3, 0.4) is 0 Å². The average Bonchev–Trinajstić information content (AvgIpc) is 2.69. The maximum Gasteiger partial charge on any atom is 0.387 e. The number of nitrogens with zero attached hydrogens (tertiary/aromatic N) is 3. The van der Waals surface area contributed by atoms with Gasteiger partial charge in [0.05, 0.1) is 13.1 Å². The zero-order valence-electron chi connectivity index (χ0n) is 16.8. The van der Waals surface area contributed by atoms with Crippen LogP contribution in [0.2, 0.25) is 0 Å². The normalized spacial score (nSPS) is 11.3. The molecule has 0 spiro atoms. The van der Waals surface area contributed by atoms with Gasteiger partial charge in [-0.25, -0.2) is 4.99 Å². The minimum Gasteiger partial charge on any atom is -0.435 e. The first-order valence-corrected chi connectivity index (χ1v) is 9.12. The predicted octanol–water partition coefficient (Wildman–Crippen LogP) is 2.95. The molecule has 2 aromatic rings. The maximum absolute atomic E-state index is 12.3. The van der Waals surface area contributed by atoms with Crippen molar-refractivity contribution in [2.45, 2.75) is 19.7 Å². The highest BCUT2D eigenvalue weighted by Crippen LogP contribution is 2.16. The summed E-state index contributed by atoms with van der Waals surface area (Å²) >= 11 is 0. The van der Waals surface area contributed by atoms with Crippen LogP contribution >= 0.6 is 0 Å². The van der Waals surface area contributed by atoms with E-state index in [2.05, 4.69) is 15.0 Å². The number of nitrogens with one attached hydrogen (secondary N) is 1. The van der Waals surface area contributed by atoms with Crippen LogP contribution in [-0.4, -0.2) is 56.0 Å². The molecule has 1 N–H and O–H groups in total. The van der Waals surface area contributed by atoms with Crippen LogP contribution in [0.5, 0.6) is 5.75 Å². The molecule has 0 aliphatic carbocycles. The van der Waals surface area contributed by atoms with Gasteiger partial charge in [-0.15, -0.1) is 0 Å². The molecule has 6 nitrogen and oxygen atoms in total. The number of carbonyl (C=O) groups is 1. The van der Waals surface area contributed by atoms with Crippen molar-refractivity contribution in [1.29, 1.82) is 0 Å². The van der Waals surface area contributed by atoms with E-state index in [-0.39, 0.29) is 18.2 Å². The molecule has 0 saturated carbocycles. The fraction of sp³-hybridized carbons (Fsp3) is 0.333. The molecule has 0 bridgehead atoms. The number of benzene rings is 2. The molecule has 0 aromatic heterocycles. The number of guanidine groups is 1. The van der Waals surface area contributed by atoms with Gasteiger partial charge in [-0.05, 0) is 23.3 Å². The van der Waals surface area contributed by atoms with Crippen LogP contribution in [0.1, 0.15) is 11.1 Å². The third-order valence-corrected chi connectivity index (χ3v) is 4.08. The van der Waals surface area contributed by atoms with Crippen molar-refractivity contribution >= 4 is 11.9 Å². The lowest BCUT2D eigenvalue weighted by Gasteiger charge is -2.23. The van der Waals surface area contributed by atoms with Crippen molar-refractivity contribution in [3.05, 3.63) is 65.7 Å².